The van der Waals surface area contributed by atoms with Crippen molar-refractivity contribution in [2.24, 2.45) is 5.92 Å². The van der Waals surface area contributed by atoms with Gasteiger partial charge in [0.1, 0.15) is 5.82 Å². The van der Waals surface area contributed by atoms with Crippen molar-refractivity contribution in [2.45, 2.75) is 32.7 Å². The quantitative estimate of drug-likeness (QED) is 0.820. The molecule has 0 saturated carbocycles. The summed E-state index contributed by atoms with van der Waals surface area (Å²) < 4.78 is 42.0. The maximum atomic E-state index is 14.2. The van der Waals surface area contributed by atoms with E-state index in [1.807, 2.05) is 13.8 Å². The minimum Gasteiger partial charge on any atom is -0.314 e. The Labute approximate surface area is 136 Å². The van der Waals surface area contributed by atoms with Crippen LogP contribution in [-0.2, 0) is 0 Å². The Bertz CT molecular complexity index is 479. The van der Waals surface area contributed by atoms with Gasteiger partial charge in [0.25, 0.3) is 0 Å². The molecule has 2 rings (SSSR count). The molecule has 1 aliphatic rings. The Hall–Kier alpha value is -0.780. The molecular weight excluding hydrogens is 313 g/mol. The van der Waals surface area contributed by atoms with Crippen LogP contribution in [0.5, 0.6) is 0 Å². The average molecular weight is 337 g/mol. The number of hydrogen-bond donors (Lipinski definition) is 1. The van der Waals surface area contributed by atoms with E-state index in [1.165, 1.54) is 0 Å². The molecule has 0 radical (unpaired) electrons. The van der Waals surface area contributed by atoms with E-state index in [2.05, 4.69) is 10.2 Å². The molecule has 0 amide bonds. The van der Waals surface area contributed by atoms with Gasteiger partial charge in [0, 0.05) is 37.8 Å². The Morgan fingerprint density at radius 3 is 2.32 bits per heavy atom. The minimum atomic E-state index is -1.04. The van der Waals surface area contributed by atoms with Gasteiger partial charge in [-0.2, -0.15) is 0 Å². The first-order chi connectivity index (χ1) is 10.1. The zero-order chi connectivity index (χ0) is 15.4. The first kappa shape index (κ1) is 19.3. The molecule has 0 bridgehead atoms. The van der Waals surface area contributed by atoms with Gasteiger partial charge in [-0.15, -0.1) is 12.4 Å². The molecule has 1 unspecified atom stereocenters. The van der Waals surface area contributed by atoms with Crippen molar-refractivity contribution in [1.29, 1.82) is 0 Å². The number of hydrogen-bond acceptors (Lipinski definition) is 2. The molecule has 6 heteroatoms. The second kappa shape index (κ2) is 8.75. The fourth-order valence-corrected chi connectivity index (χ4v) is 3.21. The predicted octanol–water partition coefficient (Wildman–Crippen LogP) is 3.91. The summed E-state index contributed by atoms with van der Waals surface area (Å²) in [6.07, 6.45) is 1.78. The summed E-state index contributed by atoms with van der Waals surface area (Å²) >= 11 is 0. The summed E-state index contributed by atoms with van der Waals surface area (Å²) in [6, 6.07) is 1.47. The Kier molecular flexibility index (Phi) is 7.66. The lowest BCUT2D eigenvalue weighted by Gasteiger charge is -2.38. The maximum Gasteiger partial charge on any atom is 0.166 e. The SMILES string of the molecule is CCCC(C)[C@H](c1c(F)ccc(F)c1F)N1CCNCC1.Cl. The van der Waals surface area contributed by atoms with E-state index >= 15 is 0 Å². The van der Waals surface area contributed by atoms with Crippen molar-refractivity contribution in [3.63, 3.8) is 0 Å². The number of piperazine rings is 1. The van der Waals surface area contributed by atoms with E-state index in [0.717, 1.165) is 38.1 Å². The van der Waals surface area contributed by atoms with Gasteiger partial charge >= 0.3 is 0 Å². The lowest BCUT2D eigenvalue weighted by atomic mass is 9.88. The zero-order valence-corrected chi connectivity index (χ0v) is 13.9. The predicted molar refractivity (Wildman–Crippen MR) is 84.8 cm³/mol. The van der Waals surface area contributed by atoms with Crippen molar-refractivity contribution < 1.29 is 13.2 Å². The molecule has 0 aromatic heterocycles. The third-order valence-corrected chi connectivity index (χ3v) is 4.20. The van der Waals surface area contributed by atoms with Crippen LogP contribution in [0.1, 0.15) is 38.3 Å². The fraction of sp³-hybridized carbons (Fsp3) is 0.625. The van der Waals surface area contributed by atoms with Crippen molar-refractivity contribution >= 4 is 12.4 Å². The minimum absolute atomic E-state index is 0. The fourth-order valence-electron chi connectivity index (χ4n) is 3.21. The van der Waals surface area contributed by atoms with E-state index < -0.39 is 23.5 Å². The van der Waals surface area contributed by atoms with Crippen molar-refractivity contribution in [2.75, 3.05) is 26.2 Å². The lowest BCUT2D eigenvalue weighted by molar-refractivity contribution is 0.119. The van der Waals surface area contributed by atoms with Gasteiger partial charge in [0.2, 0.25) is 0 Å². The molecule has 2 nitrogen and oxygen atoms in total. The van der Waals surface area contributed by atoms with Crippen molar-refractivity contribution in [1.82, 2.24) is 10.2 Å². The summed E-state index contributed by atoms with van der Waals surface area (Å²) in [5.41, 5.74) is -0.113. The third kappa shape index (κ3) is 4.15. The van der Waals surface area contributed by atoms with E-state index in [9.17, 15) is 13.2 Å². The van der Waals surface area contributed by atoms with Gasteiger partial charge in [-0.1, -0.05) is 20.3 Å². The Morgan fingerprint density at radius 2 is 1.73 bits per heavy atom. The molecule has 1 saturated heterocycles. The molecule has 2 atom stereocenters. The smallest absolute Gasteiger partial charge is 0.166 e. The lowest BCUT2D eigenvalue weighted by Crippen LogP contribution is -2.47. The molecule has 1 aromatic rings. The van der Waals surface area contributed by atoms with Gasteiger partial charge < -0.3 is 5.32 Å². The largest absolute Gasteiger partial charge is 0.314 e. The standard InChI is InChI=1S/C16H23F3N2.ClH/c1-3-4-11(2)16(21-9-7-20-8-10-21)14-12(17)5-6-13(18)15(14)19;/h5-6,11,16,20H,3-4,7-10H2,1-2H3;1H/t11?,16-;/m1./s1. The van der Waals surface area contributed by atoms with Gasteiger partial charge in [-0.25, -0.2) is 13.2 Å². The van der Waals surface area contributed by atoms with Crippen LogP contribution in [-0.4, -0.2) is 31.1 Å². The summed E-state index contributed by atoms with van der Waals surface area (Å²) in [7, 11) is 0. The van der Waals surface area contributed by atoms with Crippen LogP contribution in [0, 0.1) is 23.4 Å². The molecule has 1 aliphatic heterocycles. The van der Waals surface area contributed by atoms with Crippen LogP contribution < -0.4 is 5.32 Å². The first-order valence-electron chi connectivity index (χ1n) is 7.64. The molecule has 1 fully saturated rings. The van der Waals surface area contributed by atoms with E-state index in [4.69, 9.17) is 0 Å². The Balaban J connectivity index is 0.00000242. The van der Waals surface area contributed by atoms with Crippen LogP contribution in [0.2, 0.25) is 0 Å². The molecule has 126 valence electrons. The first-order valence-corrected chi connectivity index (χ1v) is 7.64. The maximum absolute atomic E-state index is 14.2. The monoisotopic (exact) mass is 336 g/mol. The van der Waals surface area contributed by atoms with Gasteiger partial charge in [-0.05, 0) is 24.5 Å². The van der Waals surface area contributed by atoms with Crippen LogP contribution in [0.15, 0.2) is 12.1 Å². The highest BCUT2D eigenvalue weighted by atomic mass is 35.5. The average Bonchev–Trinajstić information content (AvgIpc) is 2.48. The summed E-state index contributed by atoms with van der Waals surface area (Å²) in [5.74, 6) is -2.60. The van der Waals surface area contributed by atoms with E-state index in [1.54, 1.807) is 0 Å². The number of rotatable bonds is 5. The van der Waals surface area contributed by atoms with Crippen LogP contribution >= 0.6 is 12.4 Å². The van der Waals surface area contributed by atoms with Crippen LogP contribution in [0.3, 0.4) is 0 Å². The van der Waals surface area contributed by atoms with Gasteiger partial charge in [0.15, 0.2) is 11.6 Å². The number of benzene rings is 1. The summed E-state index contributed by atoms with van der Waals surface area (Å²) in [5, 5.41) is 3.23. The second-order valence-corrected chi connectivity index (χ2v) is 5.75. The highest BCUT2D eigenvalue weighted by Crippen LogP contribution is 2.35. The summed E-state index contributed by atoms with van der Waals surface area (Å²) in [6.45, 7) is 7.04. The summed E-state index contributed by atoms with van der Waals surface area (Å²) in [4.78, 5) is 2.07. The highest BCUT2D eigenvalue weighted by Gasteiger charge is 2.32. The van der Waals surface area contributed by atoms with Crippen molar-refractivity contribution in [3.8, 4) is 0 Å². The second-order valence-electron chi connectivity index (χ2n) is 5.75. The zero-order valence-electron chi connectivity index (χ0n) is 13.0. The number of halogens is 4. The van der Waals surface area contributed by atoms with Crippen molar-refractivity contribution in [3.05, 3.63) is 35.1 Å². The van der Waals surface area contributed by atoms with Crippen LogP contribution in [0.4, 0.5) is 13.2 Å². The highest BCUT2D eigenvalue weighted by molar-refractivity contribution is 5.85. The number of nitrogens with one attached hydrogen (secondary N) is 1. The molecule has 1 N–H and O–H groups in total. The molecule has 1 heterocycles. The molecule has 1 aromatic carbocycles. The van der Waals surface area contributed by atoms with E-state index in [0.29, 0.717) is 13.1 Å². The third-order valence-electron chi connectivity index (χ3n) is 4.20. The van der Waals surface area contributed by atoms with E-state index in [-0.39, 0.29) is 23.9 Å². The van der Waals surface area contributed by atoms with Crippen LogP contribution in [0.25, 0.3) is 0 Å². The normalized spacial score (nSPS) is 18.6. The molecular formula is C16H24ClF3N2. The Morgan fingerprint density at radius 1 is 1.14 bits per heavy atom. The molecule has 0 aliphatic carbocycles. The van der Waals surface area contributed by atoms with Gasteiger partial charge in [-0.3, -0.25) is 4.90 Å². The van der Waals surface area contributed by atoms with Gasteiger partial charge in [0.05, 0.1) is 0 Å². The molecule has 0 spiro atoms. The topological polar surface area (TPSA) is 15.3 Å². The number of nitrogens with zero attached hydrogens (tertiary/aromatic N) is 1. The molecule has 22 heavy (non-hydrogen) atoms.